The zero-order chi connectivity index (χ0) is 16.7. The second kappa shape index (κ2) is 7.09. The third-order valence-corrected chi connectivity index (χ3v) is 6.85. The molecule has 0 spiro atoms. The first-order valence-corrected chi connectivity index (χ1v) is 10.7. The van der Waals surface area contributed by atoms with Gasteiger partial charge in [-0.15, -0.1) is 0 Å². The van der Waals surface area contributed by atoms with Crippen molar-refractivity contribution in [3.63, 3.8) is 0 Å². The van der Waals surface area contributed by atoms with Crippen LogP contribution < -0.4 is 0 Å². The molecule has 1 nitrogen and oxygen atoms in total. The molecule has 4 heteroatoms. The van der Waals surface area contributed by atoms with Crippen LogP contribution in [0, 0.1) is 5.92 Å². The van der Waals surface area contributed by atoms with Crippen molar-refractivity contribution in [1.29, 1.82) is 0 Å². The minimum atomic E-state index is 0.387. The molecular formula is C20H20Br2ClN. The summed E-state index contributed by atoms with van der Waals surface area (Å²) in [5.41, 5.74) is 5.49. The molecule has 2 aliphatic carbocycles. The number of rotatable bonds is 1. The quantitative estimate of drug-likeness (QED) is 0.435. The molecule has 0 N–H and O–H groups in total. The SMILES string of the molecule is Clc1cc(Br)c2c(c1)CCc1cc(Br)cnc1[C@@H]2C1CCCCC1. The van der Waals surface area contributed by atoms with Gasteiger partial charge in [0.15, 0.2) is 0 Å². The van der Waals surface area contributed by atoms with Crippen LogP contribution in [0.15, 0.2) is 33.3 Å². The number of aromatic nitrogens is 1. The number of pyridine rings is 1. The number of fused-ring (bicyclic) bond motifs is 2. The van der Waals surface area contributed by atoms with Crippen LogP contribution in [0.1, 0.15) is 60.4 Å². The van der Waals surface area contributed by atoms with Gasteiger partial charge in [-0.05, 0) is 82.4 Å². The Hall–Kier alpha value is -0.380. The molecule has 24 heavy (non-hydrogen) atoms. The molecule has 1 aromatic heterocycles. The normalized spacial score (nSPS) is 21.0. The fourth-order valence-electron chi connectivity index (χ4n) is 4.50. The average molecular weight is 470 g/mol. The fraction of sp³-hybridized carbons (Fsp3) is 0.450. The van der Waals surface area contributed by atoms with E-state index in [1.54, 1.807) is 0 Å². The van der Waals surface area contributed by atoms with Crippen molar-refractivity contribution in [2.75, 3.05) is 0 Å². The van der Waals surface area contributed by atoms with Crippen molar-refractivity contribution in [3.05, 3.63) is 60.7 Å². The average Bonchev–Trinajstić information content (AvgIpc) is 2.72. The number of benzene rings is 1. The van der Waals surface area contributed by atoms with E-state index >= 15 is 0 Å². The van der Waals surface area contributed by atoms with E-state index in [9.17, 15) is 0 Å². The number of hydrogen-bond donors (Lipinski definition) is 0. The zero-order valence-corrected chi connectivity index (χ0v) is 17.4. The standard InChI is InChI=1S/C20H20Br2ClN/c21-15-8-14-7-6-13-9-16(23)10-17(22)18(13)19(20(14)24-11-15)12-4-2-1-3-5-12/h8-12,19H,1-7H2/t19-/m1/s1. The number of hydrogen-bond acceptors (Lipinski definition) is 1. The van der Waals surface area contributed by atoms with Crippen molar-refractivity contribution in [1.82, 2.24) is 4.98 Å². The second-order valence-corrected chi connectivity index (χ2v) is 9.24. The Bertz CT molecular complexity index is 768. The Morgan fingerprint density at radius 2 is 1.71 bits per heavy atom. The summed E-state index contributed by atoms with van der Waals surface area (Å²) in [6.07, 6.45) is 10.7. The number of halogens is 3. The first kappa shape index (κ1) is 17.1. The Labute approximate surface area is 165 Å². The van der Waals surface area contributed by atoms with E-state index in [1.165, 1.54) is 54.5 Å². The molecule has 0 saturated heterocycles. The van der Waals surface area contributed by atoms with Crippen LogP contribution in [0.5, 0.6) is 0 Å². The van der Waals surface area contributed by atoms with Gasteiger partial charge in [-0.2, -0.15) is 0 Å². The van der Waals surface area contributed by atoms with Crippen LogP contribution in [0.2, 0.25) is 5.02 Å². The highest BCUT2D eigenvalue weighted by Gasteiger charge is 2.34. The summed E-state index contributed by atoms with van der Waals surface area (Å²) in [5, 5.41) is 0.822. The Morgan fingerprint density at radius 1 is 0.958 bits per heavy atom. The maximum absolute atomic E-state index is 6.35. The largest absolute Gasteiger partial charge is 0.259 e. The van der Waals surface area contributed by atoms with Crippen LogP contribution >= 0.6 is 43.5 Å². The Kier molecular flexibility index (Phi) is 5.04. The summed E-state index contributed by atoms with van der Waals surface area (Å²) < 4.78 is 2.23. The van der Waals surface area contributed by atoms with E-state index in [0.29, 0.717) is 11.8 Å². The molecule has 4 rings (SSSR count). The molecule has 0 unspecified atom stereocenters. The molecule has 126 valence electrons. The van der Waals surface area contributed by atoms with Gasteiger partial charge in [-0.1, -0.05) is 46.8 Å². The second-order valence-electron chi connectivity index (χ2n) is 7.03. The molecule has 1 aromatic carbocycles. The van der Waals surface area contributed by atoms with Gasteiger partial charge in [-0.3, -0.25) is 4.98 Å². The van der Waals surface area contributed by atoms with Gasteiger partial charge >= 0.3 is 0 Å². The number of nitrogens with zero attached hydrogens (tertiary/aromatic N) is 1. The molecule has 2 aromatic rings. The summed E-state index contributed by atoms with van der Waals surface area (Å²) >= 11 is 13.8. The first-order valence-electron chi connectivity index (χ1n) is 8.75. The van der Waals surface area contributed by atoms with Crippen molar-refractivity contribution < 1.29 is 0 Å². The fourth-order valence-corrected chi connectivity index (χ4v) is 6.00. The molecule has 0 aliphatic heterocycles. The van der Waals surface area contributed by atoms with E-state index in [4.69, 9.17) is 16.6 Å². The molecule has 1 atom stereocenters. The van der Waals surface area contributed by atoms with Gasteiger partial charge in [0, 0.05) is 26.1 Å². The van der Waals surface area contributed by atoms with Gasteiger partial charge in [0.2, 0.25) is 0 Å². The first-order chi connectivity index (χ1) is 11.6. The highest BCUT2D eigenvalue weighted by molar-refractivity contribution is 9.10. The monoisotopic (exact) mass is 467 g/mol. The van der Waals surface area contributed by atoms with E-state index in [-0.39, 0.29) is 0 Å². The third kappa shape index (κ3) is 3.20. The summed E-state index contributed by atoms with van der Waals surface area (Å²) in [4.78, 5) is 4.90. The van der Waals surface area contributed by atoms with Crippen LogP contribution in [0.25, 0.3) is 0 Å². The van der Waals surface area contributed by atoms with Gasteiger partial charge in [0.05, 0.1) is 5.69 Å². The van der Waals surface area contributed by atoms with Crippen molar-refractivity contribution in [3.8, 4) is 0 Å². The smallest absolute Gasteiger partial charge is 0.0514 e. The molecule has 2 aliphatic rings. The predicted molar refractivity (Wildman–Crippen MR) is 107 cm³/mol. The summed E-state index contributed by atoms with van der Waals surface area (Å²) in [7, 11) is 0. The van der Waals surface area contributed by atoms with E-state index in [2.05, 4.69) is 50.1 Å². The molecule has 0 bridgehead atoms. The van der Waals surface area contributed by atoms with E-state index in [0.717, 1.165) is 26.8 Å². The van der Waals surface area contributed by atoms with Crippen LogP contribution in [0.4, 0.5) is 0 Å². The topological polar surface area (TPSA) is 12.9 Å². The van der Waals surface area contributed by atoms with Gasteiger partial charge < -0.3 is 0 Å². The van der Waals surface area contributed by atoms with Gasteiger partial charge in [0.25, 0.3) is 0 Å². The predicted octanol–water partition coefficient (Wildman–Crippen LogP) is 7.07. The summed E-state index contributed by atoms with van der Waals surface area (Å²) in [6, 6.07) is 6.48. The molecule has 0 radical (unpaired) electrons. The summed E-state index contributed by atoms with van der Waals surface area (Å²) in [5.74, 6) is 1.07. The minimum Gasteiger partial charge on any atom is -0.259 e. The third-order valence-electron chi connectivity index (χ3n) is 5.54. The van der Waals surface area contributed by atoms with Gasteiger partial charge in [-0.25, -0.2) is 0 Å². The van der Waals surface area contributed by atoms with Crippen LogP contribution in [0.3, 0.4) is 0 Å². The maximum Gasteiger partial charge on any atom is 0.0514 e. The van der Waals surface area contributed by atoms with Crippen LogP contribution in [-0.2, 0) is 12.8 Å². The summed E-state index contributed by atoms with van der Waals surface area (Å²) in [6.45, 7) is 0. The van der Waals surface area contributed by atoms with E-state index < -0.39 is 0 Å². The lowest BCUT2D eigenvalue weighted by Crippen LogP contribution is -2.20. The van der Waals surface area contributed by atoms with Gasteiger partial charge in [0.1, 0.15) is 0 Å². The Morgan fingerprint density at radius 3 is 2.50 bits per heavy atom. The lowest BCUT2D eigenvalue weighted by atomic mass is 9.74. The Balaban J connectivity index is 1.91. The number of aryl methyl sites for hydroxylation is 2. The maximum atomic E-state index is 6.35. The minimum absolute atomic E-state index is 0.387. The molecule has 1 heterocycles. The lowest BCUT2D eigenvalue weighted by molar-refractivity contribution is 0.323. The molecule has 0 amide bonds. The van der Waals surface area contributed by atoms with Crippen LogP contribution in [-0.4, -0.2) is 4.98 Å². The highest BCUT2D eigenvalue weighted by Crippen LogP contribution is 2.47. The lowest BCUT2D eigenvalue weighted by Gasteiger charge is -2.32. The van der Waals surface area contributed by atoms with Crippen molar-refractivity contribution >= 4 is 43.5 Å². The molecule has 1 saturated carbocycles. The molecular weight excluding hydrogens is 449 g/mol. The molecule has 1 fully saturated rings. The zero-order valence-electron chi connectivity index (χ0n) is 13.5. The van der Waals surface area contributed by atoms with Crippen molar-refractivity contribution in [2.45, 2.75) is 50.9 Å². The van der Waals surface area contributed by atoms with E-state index in [1.807, 2.05) is 6.20 Å². The highest BCUT2D eigenvalue weighted by atomic mass is 79.9. The van der Waals surface area contributed by atoms with Crippen molar-refractivity contribution in [2.24, 2.45) is 5.92 Å².